The molecule has 3 heterocycles. The molecule has 0 aliphatic carbocycles. The first-order valence-electron chi connectivity index (χ1n) is 8.71. The summed E-state index contributed by atoms with van der Waals surface area (Å²) in [6, 6.07) is 27.5. The van der Waals surface area contributed by atoms with E-state index in [1.54, 1.807) is 19.6 Å². The van der Waals surface area contributed by atoms with E-state index < -0.39 is 21.8 Å². The van der Waals surface area contributed by atoms with Crippen LogP contribution in [0.15, 0.2) is 72.8 Å². The van der Waals surface area contributed by atoms with E-state index in [4.69, 9.17) is 0 Å². The molecular weight excluding hydrogens is 549 g/mol. The van der Waals surface area contributed by atoms with Gasteiger partial charge in [0.15, 0.2) is 0 Å². The summed E-state index contributed by atoms with van der Waals surface area (Å²) in [5, 5.41) is 3.02. The van der Waals surface area contributed by atoms with Gasteiger partial charge in [-0.2, -0.15) is 0 Å². The molecule has 0 spiro atoms. The molecule has 0 fully saturated rings. The fourth-order valence-electron chi connectivity index (χ4n) is 3.88. The van der Waals surface area contributed by atoms with E-state index in [-0.39, 0.29) is 0 Å². The number of hydrogen-bond donors (Lipinski definition) is 0. The summed E-state index contributed by atoms with van der Waals surface area (Å²) in [6.45, 7) is 2.18. The van der Waals surface area contributed by atoms with Crippen molar-refractivity contribution in [3.63, 3.8) is 0 Å². The average molecular weight is 564 g/mol. The Balaban J connectivity index is 1.75. The Kier molecular flexibility index (Phi) is 3.42. The van der Waals surface area contributed by atoms with Gasteiger partial charge in [-0.15, -0.1) is 0 Å². The molecule has 3 heteroatoms. The zero-order valence-corrected chi connectivity index (χ0v) is 19.3. The first-order chi connectivity index (χ1) is 12.8. The maximum absolute atomic E-state index is 2.41. The van der Waals surface area contributed by atoms with Gasteiger partial charge < -0.3 is 0 Å². The molecule has 0 N–H and O–H groups in total. The van der Waals surface area contributed by atoms with Crippen molar-refractivity contribution in [1.29, 1.82) is 0 Å². The van der Waals surface area contributed by atoms with Crippen molar-refractivity contribution in [3.05, 3.63) is 78.4 Å². The molecule has 124 valence electrons. The van der Waals surface area contributed by atoms with Crippen LogP contribution in [0.3, 0.4) is 0 Å². The number of thiophene rings is 2. The first kappa shape index (κ1) is 15.5. The van der Waals surface area contributed by atoms with Crippen LogP contribution in [-0.4, -0.2) is 21.8 Å². The molecule has 0 nitrogen and oxygen atoms in total. The minimum atomic E-state index is -2.27. The molecule has 0 amide bonds. The van der Waals surface area contributed by atoms with Crippen molar-refractivity contribution in [3.8, 4) is 9.75 Å². The van der Waals surface area contributed by atoms with Crippen LogP contribution in [0.5, 0.6) is 0 Å². The molecule has 26 heavy (non-hydrogen) atoms. The zero-order valence-electron chi connectivity index (χ0n) is 14.2. The second-order valence-electron chi connectivity index (χ2n) is 6.72. The Hall–Kier alpha value is -1.54. The van der Waals surface area contributed by atoms with Crippen molar-refractivity contribution < 1.29 is 0 Å². The van der Waals surface area contributed by atoms with Gasteiger partial charge in [-0.3, -0.25) is 0 Å². The topological polar surface area (TPSA) is 0 Å². The van der Waals surface area contributed by atoms with E-state index >= 15 is 0 Å². The van der Waals surface area contributed by atoms with Gasteiger partial charge in [0.25, 0.3) is 0 Å². The summed E-state index contributed by atoms with van der Waals surface area (Å²) in [4.78, 5) is 3.14. The van der Waals surface area contributed by atoms with Gasteiger partial charge in [0, 0.05) is 0 Å². The molecule has 3 aromatic carbocycles. The fraction of sp³-hybridized carbons (Fsp3) is 0.0435. The van der Waals surface area contributed by atoms with Gasteiger partial charge in [-0.1, -0.05) is 0 Å². The van der Waals surface area contributed by atoms with Crippen LogP contribution < -0.4 is 9.81 Å². The second kappa shape index (κ2) is 5.73. The molecule has 0 saturated heterocycles. The van der Waals surface area contributed by atoms with Crippen LogP contribution in [0, 0.1) is 6.92 Å². The van der Waals surface area contributed by atoms with Crippen LogP contribution in [0.1, 0.15) is 5.56 Å². The van der Waals surface area contributed by atoms with Crippen LogP contribution in [0.25, 0.3) is 29.9 Å². The average Bonchev–Trinajstić information content (AvgIpc) is 3.31. The molecule has 0 radical (unpaired) electrons. The summed E-state index contributed by atoms with van der Waals surface area (Å²) in [5.74, 6) is 0. The molecule has 1 aliphatic rings. The Morgan fingerprint density at radius 1 is 0.615 bits per heavy atom. The van der Waals surface area contributed by atoms with Crippen LogP contribution in [0.2, 0.25) is 0 Å². The van der Waals surface area contributed by atoms with E-state index in [0.717, 1.165) is 0 Å². The fourth-order valence-corrected chi connectivity index (χ4v) is 20.6. The third kappa shape index (κ3) is 2.08. The van der Waals surface area contributed by atoms with Crippen molar-refractivity contribution in [2.24, 2.45) is 0 Å². The Morgan fingerprint density at radius 2 is 1.12 bits per heavy atom. The molecule has 0 saturated carbocycles. The van der Waals surface area contributed by atoms with Gasteiger partial charge in [-0.05, 0) is 0 Å². The molecular formula is C23H15BiS2. The van der Waals surface area contributed by atoms with Crippen molar-refractivity contribution in [1.82, 2.24) is 0 Å². The summed E-state index contributed by atoms with van der Waals surface area (Å²) >= 11 is 1.75. The predicted octanol–water partition coefficient (Wildman–Crippen LogP) is 4.92. The SMILES string of the molecule is Cc1cc[c]([Bi]2[c]3c(sc4ccccc34)-c3sc4ccccc4[c]32)cc1. The Morgan fingerprint density at radius 3 is 1.65 bits per heavy atom. The number of fused-ring (bicyclic) bond motifs is 7. The minimum absolute atomic E-state index is 1.35. The summed E-state index contributed by atoms with van der Waals surface area (Å²) in [5.41, 5.74) is 1.35. The van der Waals surface area contributed by atoms with Gasteiger partial charge in [-0.25, -0.2) is 0 Å². The van der Waals surface area contributed by atoms with Crippen molar-refractivity contribution in [2.75, 3.05) is 0 Å². The number of aryl methyl sites for hydroxylation is 1. The van der Waals surface area contributed by atoms with Gasteiger partial charge >= 0.3 is 169 Å². The van der Waals surface area contributed by atoms with Gasteiger partial charge in [0.05, 0.1) is 0 Å². The number of hydrogen-bond acceptors (Lipinski definition) is 2. The van der Waals surface area contributed by atoms with Crippen LogP contribution >= 0.6 is 22.7 Å². The predicted molar refractivity (Wildman–Crippen MR) is 118 cm³/mol. The molecule has 5 aromatic rings. The third-order valence-corrected chi connectivity index (χ3v) is 19.1. The monoisotopic (exact) mass is 564 g/mol. The zero-order chi connectivity index (χ0) is 17.3. The molecule has 1 aliphatic heterocycles. The molecule has 6 rings (SSSR count). The van der Waals surface area contributed by atoms with Gasteiger partial charge in [0.1, 0.15) is 0 Å². The third-order valence-electron chi connectivity index (χ3n) is 5.08. The van der Waals surface area contributed by atoms with E-state index in [0.29, 0.717) is 0 Å². The number of benzene rings is 3. The Labute approximate surface area is 168 Å². The quantitative estimate of drug-likeness (QED) is 0.249. The van der Waals surface area contributed by atoms with Gasteiger partial charge in [0.2, 0.25) is 0 Å². The van der Waals surface area contributed by atoms with Crippen LogP contribution in [-0.2, 0) is 0 Å². The molecule has 0 unspecified atom stereocenters. The summed E-state index contributed by atoms with van der Waals surface area (Å²) in [6.07, 6.45) is 0. The van der Waals surface area contributed by atoms with Crippen molar-refractivity contribution in [2.45, 2.75) is 6.92 Å². The Bertz CT molecular complexity index is 1210. The van der Waals surface area contributed by atoms with Crippen LogP contribution in [0.4, 0.5) is 0 Å². The summed E-state index contributed by atoms with van der Waals surface area (Å²) in [7, 11) is 0. The van der Waals surface area contributed by atoms with Crippen molar-refractivity contribution >= 4 is 74.4 Å². The van der Waals surface area contributed by atoms with E-state index in [2.05, 4.69) is 79.7 Å². The maximum atomic E-state index is 2.41. The van der Waals surface area contributed by atoms with E-state index in [9.17, 15) is 0 Å². The van der Waals surface area contributed by atoms with E-state index in [1.165, 1.54) is 25.7 Å². The second-order valence-corrected chi connectivity index (χ2v) is 16.9. The molecule has 0 atom stereocenters. The first-order valence-corrected chi connectivity index (χ1v) is 15.6. The standard InChI is InChI=1S/C16H8S2.C7H7.Bi/c1-3-7-13-11(5-1)9-15(17-13)16-10-12-6-2-4-8-14(12)18-16;1-7-5-3-2-4-6-7;/h1-8H;3-6H,1H3;. The van der Waals surface area contributed by atoms with E-state index in [1.807, 2.05) is 22.7 Å². The molecule has 2 aromatic heterocycles. The normalized spacial score (nSPS) is 13.4. The summed E-state index contributed by atoms with van der Waals surface area (Å²) < 4.78 is 7.95. The molecule has 0 bridgehead atoms. The number of rotatable bonds is 1.